The molecular weight excluding hydrogens is 239 g/mol. The summed E-state index contributed by atoms with van der Waals surface area (Å²) in [6, 6.07) is 7.66. The molecule has 0 aliphatic rings. The lowest BCUT2D eigenvalue weighted by Gasteiger charge is -2.24. The van der Waals surface area contributed by atoms with Gasteiger partial charge in [0, 0.05) is 5.56 Å². The van der Waals surface area contributed by atoms with E-state index in [0.717, 1.165) is 0 Å². The van der Waals surface area contributed by atoms with E-state index >= 15 is 0 Å². The number of carbonyl (C=O) groups is 1. The first-order valence-corrected chi connectivity index (χ1v) is 5.79. The first-order valence-electron chi connectivity index (χ1n) is 3.85. The Bertz CT molecular complexity index is 387. The molecule has 1 unspecified atom stereocenters. The molecule has 0 saturated heterocycles. The number of benzene rings is 1. The monoisotopic (exact) mass is 248 g/mol. The summed E-state index contributed by atoms with van der Waals surface area (Å²) in [5.74, 6) is 4.89. The minimum absolute atomic E-state index is 0.101. The molecule has 4 nitrogen and oxygen atoms in total. The molecule has 0 saturated carbocycles. The third-order valence-electron chi connectivity index (χ3n) is 1.67. The maximum Gasteiger partial charge on any atom is 0.250 e. The number of halogens is 1. The van der Waals surface area contributed by atoms with E-state index in [9.17, 15) is 8.68 Å². The van der Waals surface area contributed by atoms with Crippen LogP contribution in [0.1, 0.15) is 10.4 Å². The SMILES string of the molecule is NNS(F)(C(=O)c1ccccc1)C(O)=S. The van der Waals surface area contributed by atoms with E-state index in [4.69, 9.17) is 10.9 Å². The van der Waals surface area contributed by atoms with Crippen LogP contribution in [0.4, 0.5) is 3.89 Å². The van der Waals surface area contributed by atoms with E-state index in [1.165, 1.54) is 12.1 Å². The zero-order valence-corrected chi connectivity index (χ0v) is 9.15. The highest BCUT2D eigenvalue weighted by Crippen LogP contribution is 2.48. The smallest absolute Gasteiger partial charge is 0.250 e. The second kappa shape index (κ2) is 4.67. The molecule has 0 aromatic heterocycles. The van der Waals surface area contributed by atoms with E-state index in [-0.39, 0.29) is 5.56 Å². The van der Waals surface area contributed by atoms with Gasteiger partial charge in [0.15, 0.2) is 0 Å². The van der Waals surface area contributed by atoms with Crippen molar-refractivity contribution in [2.75, 3.05) is 0 Å². The molecule has 0 aliphatic heterocycles. The van der Waals surface area contributed by atoms with E-state index in [0.29, 0.717) is 0 Å². The summed E-state index contributed by atoms with van der Waals surface area (Å²) in [4.78, 5) is 13.3. The summed E-state index contributed by atoms with van der Waals surface area (Å²) in [6.07, 6.45) is 0. The van der Waals surface area contributed by atoms with E-state index in [1.54, 1.807) is 23.0 Å². The molecule has 0 heterocycles. The molecule has 1 aromatic rings. The fraction of sp³-hybridized carbons (Fsp3) is 0. The van der Waals surface area contributed by atoms with Crippen molar-refractivity contribution < 1.29 is 13.8 Å². The lowest BCUT2D eigenvalue weighted by Crippen LogP contribution is -2.34. The molecule has 82 valence electrons. The molecule has 0 aliphatic carbocycles. The van der Waals surface area contributed by atoms with Crippen LogP contribution in [0.3, 0.4) is 0 Å². The third-order valence-corrected chi connectivity index (χ3v) is 3.91. The van der Waals surface area contributed by atoms with Crippen molar-refractivity contribution in [1.29, 1.82) is 0 Å². The molecule has 4 N–H and O–H groups in total. The second-order valence-electron chi connectivity index (χ2n) is 2.57. The van der Waals surface area contributed by atoms with E-state index in [1.807, 2.05) is 0 Å². The van der Waals surface area contributed by atoms with E-state index < -0.39 is 20.1 Å². The number of aliphatic hydroxyl groups excluding tert-OH is 1. The summed E-state index contributed by atoms with van der Waals surface area (Å²) in [5, 5.41) is 7.99. The molecule has 0 amide bonds. The Hall–Kier alpha value is -1.02. The van der Waals surface area contributed by atoms with Gasteiger partial charge in [0.25, 0.3) is 5.12 Å². The van der Waals surface area contributed by atoms with Crippen LogP contribution in [0.15, 0.2) is 30.3 Å². The molecule has 1 aromatic carbocycles. The Labute approximate surface area is 93.0 Å². The van der Waals surface area contributed by atoms with Crippen LogP contribution < -0.4 is 10.7 Å². The molecule has 0 spiro atoms. The van der Waals surface area contributed by atoms with Crippen LogP contribution in [0.25, 0.3) is 0 Å². The van der Waals surface area contributed by atoms with Crippen molar-refractivity contribution in [3.8, 4) is 0 Å². The highest BCUT2D eigenvalue weighted by molar-refractivity contribution is 8.54. The molecule has 1 rings (SSSR count). The van der Waals surface area contributed by atoms with Gasteiger partial charge in [-0.2, -0.15) is 8.72 Å². The van der Waals surface area contributed by atoms with Crippen LogP contribution in [0.2, 0.25) is 0 Å². The predicted molar refractivity (Wildman–Crippen MR) is 62.0 cm³/mol. The Morgan fingerprint density at radius 3 is 2.40 bits per heavy atom. The van der Waals surface area contributed by atoms with Crippen molar-refractivity contribution in [2.24, 2.45) is 5.84 Å². The van der Waals surface area contributed by atoms with Gasteiger partial charge in [0.1, 0.15) is 10.6 Å². The number of carbonyl (C=O) groups excluding carboxylic acids is 1. The molecule has 1 atom stereocenters. The van der Waals surface area contributed by atoms with Crippen LogP contribution in [0, 0.1) is 0 Å². The normalized spacial score (nSPS) is 16.4. The molecule has 0 radical (unpaired) electrons. The number of thiocarbonyl (C=S) groups is 1. The van der Waals surface area contributed by atoms with Gasteiger partial charge in [0.2, 0.25) is 4.38 Å². The molecule has 0 fully saturated rings. The molecule has 15 heavy (non-hydrogen) atoms. The molecular formula is C8H9FN2O2S2. The average molecular weight is 248 g/mol. The number of rotatable bonds is 2. The Balaban J connectivity index is 3.08. The van der Waals surface area contributed by atoms with Gasteiger partial charge in [-0.3, -0.25) is 10.6 Å². The minimum atomic E-state index is -3.85. The minimum Gasteiger partial charge on any atom is -0.492 e. The lowest BCUT2D eigenvalue weighted by molar-refractivity contribution is 0.107. The number of nitrogens with two attached hydrogens (primary N) is 1. The van der Waals surface area contributed by atoms with Crippen LogP contribution in [0.5, 0.6) is 0 Å². The average Bonchev–Trinajstić information content (AvgIpc) is 2.28. The second-order valence-corrected chi connectivity index (χ2v) is 5.29. The van der Waals surface area contributed by atoms with Gasteiger partial charge in [0.05, 0.1) is 0 Å². The zero-order valence-electron chi connectivity index (χ0n) is 7.51. The number of aliphatic hydroxyl groups is 1. The van der Waals surface area contributed by atoms with Crippen LogP contribution in [-0.4, -0.2) is 14.6 Å². The van der Waals surface area contributed by atoms with Crippen LogP contribution in [-0.2, 0) is 0 Å². The standard InChI is InChI=1S/C8H9FN2O2S2/c9-15(11-10,8(13)14)7(12)6-4-2-1-3-5-6/h1-5,11H,10H2,(H,13,14). The number of nitrogens with one attached hydrogen (secondary N) is 1. The van der Waals surface area contributed by atoms with Crippen molar-refractivity contribution in [3.63, 3.8) is 0 Å². The first kappa shape index (κ1) is 12.1. The maximum atomic E-state index is 13.8. The van der Waals surface area contributed by atoms with Crippen molar-refractivity contribution in [1.82, 2.24) is 4.83 Å². The van der Waals surface area contributed by atoms with Crippen molar-refractivity contribution in [3.05, 3.63) is 35.9 Å². The molecule has 0 bridgehead atoms. The Kier molecular flexibility index (Phi) is 3.75. The quantitative estimate of drug-likeness (QED) is 0.422. The fourth-order valence-corrected chi connectivity index (χ4v) is 2.12. The highest BCUT2D eigenvalue weighted by atomic mass is 32.3. The van der Waals surface area contributed by atoms with Gasteiger partial charge in [-0.1, -0.05) is 30.3 Å². The highest BCUT2D eigenvalue weighted by Gasteiger charge is 2.37. The Morgan fingerprint density at radius 1 is 1.47 bits per heavy atom. The predicted octanol–water partition coefficient (Wildman–Crippen LogP) is 1.74. The summed E-state index contributed by atoms with van der Waals surface area (Å²) >= 11 is 4.26. The Morgan fingerprint density at radius 2 is 2.00 bits per heavy atom. The maximum absolute atomic E-state index is 13.8. The van der Waals surface area contributed by atoms with Crippen molar-refractivity contribution in [2.45, 2.75) is 0 Å². The molecule has 7 heteroatoms. The first-order chi connectivity index (χ1) is 7.02. The zero-order chi connectivity index (χ0) is 11.5. The van der Waals surface area contributed by atoms with Gasteiger partial charge in [-0.05, 0) is 12.2 Å². The summed E-state index contributed by atoms with van der Waals surface area (Å²) in [6.45, 7) is 0. The fourth-order valence-electron chi connectivity index (χ4n) is 0.920. The van der Waals surface area contributed by atoms with Gasteiger partial charge >= 0.3 is 0 Å². The summed E-state index contributed by atoms with van der Waals surface area (Å²) in [5.41, 5.74) is 0.101. The van der Waals surface area contributed by atoms with Crippen LogP contribution >= 0.6 is 22.8 Å². The van der Waals surface area contributed by atoms with Gasteiger partial charge < -0.3 is 5.11 Å². The van der Waals surface area contributed by atoms with Gasteiger partial charge in [-0.15, -0.1) is 0 Å². The summed E-state index contributed by atoms with van der Waals surface area (Å²) < 4.78 is 12.8. The largest absolute Gasteiger partial charge is 0.492 e. The topological polar surface area (TPSA) is 75.3 Å². The van der Waals surface area contributed by atoms with Crippen molar-refractivity contribution >= 4 is 32.3 Å². The van der Waals surface area contributed by atoms with E-state index in [2.05, 4.69) is 12.2 Å². The van der Waals surface area contributed by atoms with Gasteiger partial charge in [-0.25, -0.2) is 0 Å². The number of hydrazine groups is 1. The number of hydrogen-bond donors (Lipinski definition) is 3. The summed E-state index contributed by atoms with van der Waals surface area (Å²) in [7, 11) is -3.85. The number of hydrogen-bond acceptors (Lipinski definition) is 4. The lowest BCUT2D eigenvalue weighted by atomic mass is 10.2. The third kappa shape index (κ3) is 2.32.